The molecule has 3 rings (SSSR count). The van der Waals surface area contributed by atoms with E-state index in [0.717, 1.165) is 23.9 Å². The quantitative estimate of drug-likeness (QED) is 0.838. The molecule has 0 spiro atoms. The lowest BCUT2D eigenvalue weighted by Gasteiger charge is -2.32. The third-order valence-electron chi connectivity index (χ3n) is 5.04. The maximum absolute atomic E-state index is 11.8. The second kappa shape index (κ2) is 6.08. The number of ether oxygens (including phenoxy) is 1. The Labute approximate surface area is 144 Å². The van der Waals surface area contributed by atoms with Gasteiger partial charge in [-0.2, -0.15) is 0 Å². The maximum atomic E-state index is 11.8. The van der Waals surface area contributed by atoms with E-state index in [0.29, 0.717) is 11.8 Å². The largest absolute Gasteiger partial charge is 0.494 e. The highest BCUT2D eigenvalue weighted by Gasteiger charge is 2.51. The van der Waals surface area contributed by atoms with E-state index < -0.39 is 7.12 Å². The van der Waals surface area contributed by atoms with Gasteiger partial charge in [-0.15, -0.1) is 0 Å². The van der Waals surface area contributed by atoms with Crippen LogP contribution in [-0.2, 0) is 14.1 Å². The molecule has 130 valence electrons. The van der Waals surface area contributed by atoms with Gasteiger partial charge in [0.05, 0.1) is 11.2 Å². The monoisotopic (exact) mass is 331 g/mol. The molecule has 1 aliphatic carbocycles. The van der Waals surface area contributed by atoms with Gasteiger partial charge in [-0.1, -0.05) is 12.1 Å². The van der Waals surface area contributed by atoms with Crippen LogP contribution in [0, 0.1) is 6.92 Å². The van der Waals surface area contributed by atoms with Crippen LogP contribution in [0.25, 0.3) is 0 Å². The average Bonchev–Trinajstić information content (AvgIpc) is 3.25. The number of rotatable bonds is 5. The number of aryl methyl sites for hydroxylation is 1. The third-order valence-corrected chi connectivity index (χ3v) is 5.04. The molecule has 2 fully saturated rings. The number of carbonyl (C=O) groups excluding carboxylic acids is 1. The Kier molecular flexibility index (Phi) is 4.38. The van der Waals surface area contributed by atoms with Gasteiger partial charge in [0.2, 0.25) is 0 Å². The first-order valence-electron chi connectivity index (χ1n) is 8.56. The molecule has 2 aliphatic rings. The maximum Gasteiger partial charge on any atom is 0.494 e. The normalized spacial score (nSPS) is 21.6. The number of nitrogens with one attached hydrogen (secondary N) is 1. The van der Waals surface area contributed by atoms with E-state index in [-0.39, 0.29) is 23.7 Å². The molecule has 1 aliphatic heterocycles. The van der Waals surface area contributed by atoms with E-state index in [1.54, 1.807) is 0 Å². The van der Waals surface area contributed by atoms with Gasteiger partial charge in [-0.25, -0.2) is 0 Å². The van der Waals surface area contributed by atoms with Crippen LogP contribution in [0.4, 0.5) is 0 Å². The van der Waals surface area contributed by atoms with Crippen molar-refractivity contribution in [3.8, 4) is 5.75 Å². The predicted molar refractivity (Wildman–Crippen MR) is 93.6 cm³/mol. The summed E-state index contributed by atoms with van der Waals surface area (Å²) in [6.45, 7) is 10.1. The molecule has 1 heterocycles. The van der Waals surface area contributed by atoms with Crippen LogP contribution < -0.4 is 15.5 Å². The molecule has 1 aromatic rings. The second-order valence-electron chi connectivity index (χ2n) is 7.74. The molecule has 6 heteroatoms. The summed E-state index contributed by atoms with van der Waals surface area (Å²) in [7, 11) is -0.432. The number of hydrogen-bond donors (Lipinski definition) is 1. The Hall–Kier alpha value is -1.53. The zero-order valence-electron chi connectivity index (χ0n) is 15.1. The van der Waals surface area contributed by atoms with Crippen molar-refractivity contribution in [1.29, 1.82) is 0 Å². The molecule has 1 saturated carbocycles. The highest BCUT2D eigenvalue weighted by molar-refractivity contribution is 6.62. The number of benzene rings is 1. The summed E-state index contributed by atoms with van der Waals surface area (Å²) in [4.78, 5) is 11.8. The van der Waals surface area contributed by atoms with Crippen molar-refractivity contribution in [2.45, 2.75) is 64.7 Å². The van der Waals surface area contributed by atoms with E-state index in [1.165, 1.54) is 0 Å². The molecule has 0 unspecified atom stereocenters. The van der Waals surface area contributed by atoms with Gasteiger partial charge in [-0.05, 0) is 64.6 Å². The Morgan fingerprint density at radius 3 is 2.46 bits per heavy atom. The molecular formula is C18H26BNO4. The van der Waals surface area contributed by atoms with E-state index in [9.17, 15) is 4.79 Å². The molecule has 0 atom stereocenters. The molecule has 1 saturated heterocycles. The van der Waals surface area contributed by atoms with Crippen molar-refractivity contribution in [2.24, 2.45) is 0 Å². The van der Waals surface area contributed by atoms with Gasteiger partial charge in [0, 0.05) is 6.04 Å². The zero-order chi connectivity index (χ0) is 17.5. The van der Waals surface area contributed by atoms with E-state index in [4.69, 9.17) is 14.0 Å². The fourth-order valence-corrected chi connectivity index (χ4v) is 2.54. The molecule has 1 N–H and O–H groups in total. The van der Waals surface area contributed by atoms with Crippen molar-refractivity contribution in [3.63, 3.8) is 0 Å². The standard InChI is InChI=1S/C18H26BNO4/c1-12-6-7-13(19-23-17(2,3)18(4,5)24-19)10-15(12)22-11-16(21)20-14-8-9-14/h6-7,10,14H,8-9,11H2,1-5H3,(H,20,21). The van der Waals surface area contributed by atoms with Gasteiger partial charge in [-0.3, -0.25) is 4.79 Å². The fourth-order valence-electron chi connectivity index (χ4n) is 2.54. The van der Waals surface area contributed by atoms with E-state index in [2.05, 4.69) is 5.32 Å². The number of carbonyl (C=O) groups is 1. The van der Waals surface area contributed by atoms with Crippen molar-refractivity contribution < 1.29 is 18.8 Å². The predicted octanol–water partition coefficient (Wildman–Crippen LogP) is 1.95. The summed E-state index contributed by atoms with van der Waals surface area (Å²) in [6, 6.07) is 6.20. The minimum Gasteiger partial charge on any atom is -0.484 e. The molecule has 1 amide bonds. The van der Waals surface area contributed by atoms with Gasteiger partial charge in [0.25, 0.3) is 5.91 Å². The first-order valence-corrected chi connectivity index (χ1v) is 8.56. The molecule has 24 heavy (non-hydrogen) atoms. The van der Waals surface area contributed by atoms with Crippen molar-refractivity contribution in [2.75, 3.05) is 6.61 Å². The first kappa shape index (κ1) is 17.3. The molecule has 0 radical (unpaired) electrons. The van der Waals surface area contributed by atoms with Gasteiger partial charge < -0.3 is 19.4 Å². The zero-order valence-corrected chi connectivity index (χ0v) is 15.1. The van der Waals surface area contributed by atoms with Gasteiger partial charge in [0.15, 0.2) is 6.61 Å². The van der Waals surface area contributed by atoms with Crippen LogP contribution in [0.15, 0.2) is 18.2 Å². The summed E-state index contributed by atoms with van der Waals surface area (Å²) >= 11 is 0. The minimum atomic E-state index is -0.432. The summed E-state index contributed by atoms with van der Waals surface area (Å²) in [6.07, 6.45) is 2.14. The summed E-state index contributed by atoms with van der Waals surface area (Å²) in [5.74, 6) is 0.617. The smallest absolute Gasteiger partial charge is 0.484 e. The van der Waals surface area contributed by atoms with Crippen molar-refractivity contribution in [1.82, 2.24) is 5.32 Å². The number of hydrogen-bond acceptors (Lipinski definition) is 4. The highest BCUT2D eigenvalue weighted by atomic mass is 16.7. The van der Waals surface area contributed by atoms with Crippen molar-refractivity contribution in [3.05, 3.63) is 23.8 Å². The summed E-state index contributed by atoms with van der Waals surface area (Å²) < 4.78 is 17.9. The van der Waals surface area contributed by atoms with Crippen LogP contribution in [0.3, 0.4) is 0 Å². The lowest BCUT2D eigenvalue weighted by atomic mass is 9.78. The lowest BCUT2D eigenvalue weighted by Crippen LogP contribution is -2.41. The number of amides is 1. The van der Waals surface area contributed by atoms with Crippen LogP contribution in [0.2, 0.25) is 0 Å². The summed E-state index contributed by atoms with van der Waals surface area (Å²) in [5.41, 5.74) is 1.12. The molecular weight excluding hydrogens is 305 g/mol. The topological polar surface area (TPSA) is 56.8 Å². The Morgan fingerprint density at radius 1 is 1.25 bits per heavy atom. The summed E-state index contributed by atoms with van der Waals surface area (Å²) in [5, 5.41) is 2.92. The SMILES string of the molecule is Cc1ccc(B2OC(C)(C)C(C)(C)O2)cc1OCC(=O)NC1CC1. The van der Waals surface area contributed by atoms with Crippen LogP contribution >= 0.6 is 0 Å². The van der Waals surface area contributed by atoms with Gasteiger partial charge >= 0.3 is 7.12 Å². The average molecular weight is 331 g/mol. The highest BCUT2D eigenvalue weighted by Crippen LogP contribution is 2.36. The van der Waals surface area contributed by atoms with Crippen LogP contribution in [-0.4, -0.2) is 36.9 Å². The van der Waals surface area contributed by atoms with Crippen LogP contribution in [0.5, 0.6) is 5.75 Å². The minimum absolute atomic E-state index is 0.0319. The fraction of sp³-hybridized carbons (Fsp3) is 0.611. The Morgan fingerprint density at radius 2 is 1.88 bits per heavy atom. The van der Waals surface area contributed by atoms with E-state index in [1.807, 2.05) is 52.8 Å². The molecule has 5 nitrogen and oxygen atoms in total. The molecule has 1 aromatic carbocycles. The van der Waals surface area contributed by atoms with E-state index >= 15 is 0 Å². The van der Waals surface area contributed by atoms with Crippen molar-refractivity contribution >= 4 is 18.5 Å². The van der Waals surface area contributed by atoms with Gasteiger partial charge in [0.1, 0.15) is 5.75 Å². The third kappa shape index (κ3) is 3.60. The second-order valence-corrected chi connectivity index (χ2v) is 7.74. The first-order chi connectivity index (χ1) is 11.2. The molecule has 0 aromatic heterocycles. The van der Waals surface area contributed by atoms with Crippen LogP contribution in [0.1, 0.15) is 46.1 Å². The Bertz CT molecular complexity index is 624. The Balaban J connectivity index is 1.68. The molecule has 0 bridgehead atoms. The lowest BCUT2D eigenvalue weighted by molar-refractivity contribution is -0.123.